The fourth-order valence-electron chi connectivity index (χ4n) is 7.88. The number of fused-ring (bicyclic) bond motifs is 4. The van der Waals surface area contributed by atoms with Gasteiger partial charge in [0.2, 0.25) is 35.3 Å². The summed E-state index contributed by atoms with van der Waals surface area (Å²) in [5.74, 6) is -3.85. The van der Waals surface area contributed by atoms with Gasteiger partial charge in [-0.05, 0) is 54.9 Å². The molecule has 5 rings (SSSR count). The highest BCUT2D eigenvalue weighted by Gasteiger charge is 2.45. The highest BCUT2D eigenvalue weighted by atomic mass is 16.5. The minimum atomic E-state index is -1.24. The van der Waals surface area contributed by atoms with Gasteiger partial charge in [0, 0.05) is 33.5 Å². The van der Waals surface area contributed by atoms with Crippen LogP contribution in [0.1, 0.15) is 87.4 Å². The molecule has 15 heteroatoms. The molecule has 3 aliphatic rings. The van der Waals surface area contributed by atoms with Crippen molar-refractivity contribution in [2.75, 3.05) is 40.4 Å². The summed E-state index contributed by atoms with van der Waals surface area (Å²) in [6.07, 6.45) is 5.20. The van der Waals surface area contributed by atoms with E-state index in [1.165, 1.54) is 9.80 Å². The number of carbonyl (C=O) groups is 7. The zero-order valence-corrected chi connectivity index (χ0v) is 34.1. The lowest BCUT2D eigenvalue weighted by atomic mass is 9.83. The van der Waals surface area contributed by atoms with E-state index in [0.717, 1.165) is 43.2 Å². The van der Waals surface area contributed by atoms with Gasteiger partial charge in [-0.25, -0.2) is 0 Å². The molecule has 58 heavy (non-hydrogen) atoms. The molecule has 2 heterocycles. The SMILES string of the molecule is CCC[C@H](NC(=O)[C@@H]1C[C@@H]2CN1C(=O)[C@H](C1CCCCC1)NC(=O)Cc1ccc(C)c(c1)OCCCO2)C(=O)C(=O)NCC(=O)N[C@H](C(=O)N(C)C)c1ccccc1. The molecule has 6 amide bonds. The summed E-state index contributed by atoms with van der Waals surface area (Å²) < 4.78 is 12.2. The van der Waals surface area contributed by atoms with Gasteiger partial charge in [-0.1, -0.05) is 75.1 Å². The minimum absolute atomic E-state index is 0.0507. The monoisotopic (exact) mass is 802 g/mol. The van der Waals surface area contributed by atoms with Crippen LogP contribution in [0.3, 0.4) is 0 Å². The van der Waals surface area contributed by atoms with Crippen LogP contribution in [0, 0.1) is 12.8 Å². The van der Waals surface area contributed by atoms with Crippen LogP contribution in [-0.4, -0.2) is 116 Å². The molecular formula is C43H58N6O9. The number of Topliss-reactive ketones (excluding diaryl/α,β-unsaturated/α-hetero) is 1. The third-order valence-corrected chi connectivity index (χ3v) is 11.0. The molecule has 2 aliphatic heterocycles. The zero-order valence-electron chi connectivity index (χ0n) is 34.1. The first-order valence-electron chi connectivity index (χ1n) is 20.5. The molecule has 0 spiro atoms. The van der Waals surface area contributed by atoms with E-state index in [9.17, 15) is 33.6 Å². The van der Waals surface area contributed by atoms with Crippen molar-refractivity contribution in [1.29, 1.82) is 0 Å². The summed E-state index contributed by atoms with van der Waals surface area (Å²) in [6, 6.07) is 10.1. The summed E-state index contributed by atoms with van der Waals surface area (Å²) in [6.45, 7) is 3.95. The van der Waals surface area contributed by atoms with Crippen molar-refractivity contribution in [3.05, 3.63) is 65.2 Å². The lowest BCUT2D eigenvalue weighted by Crippen LogP contribution is -2.58. The van der Waals surface area contributed by atoms with Crippen LogP contribution in [0.15, 0.2) is 48.5 Å². The number of carbonyl (C=O) groups excluding carboxylic acids is 7. The van der Waals surface area contributed by atoms with Crippen LogP contribution in [0.2, 0.25) is 0 Å². The molecule has 1 saturated heterocycles. The van der Waals surface area contributed by atoms with Crippen LogP contribution in [0.4, 0.5) is 0 Å². The quantitative estimate of drug-likeness (QED) is 0.233. The second-order valence-corrected chi connectivity index (χ2v) is 15.7. The molecule has 1 aliphatic carbocycles. The summed E-state index contributed by atoms with van der Waals surface area (Å²) >= 11 is 0. The standard InChI is InChI=1S/C43H58N6O9/c1-5-13-32(39(52)41(54)44-25-36(51)47-37(42(55)48(3)4)29-14-8-6-9-15-29)45-40(53)33-24-31-26-49(33)43(56)38(30-16-10-7-11-17-30)46-35(50)23-28-19-18-27(2)34(22-28)58-21-12-20-57-31/h6,8-9,14-15,18-19,22,30-33,37-38H,5,7,10-13,16-17,20-21,23-26H2,1-4H3,(H,44,54)(H,45,53)(H,46,50)(H,47,51)/t31-,32+,33+,37+,38+/m1/s1. The molecule has 314 valence electrons. The molecule has 0 radical (unpaired) electrons. The molecule has 4 bridgehead atoms. The van der Waals surface area contributed by atoms with E-state index in [4.69, 9.17) is 9.47 Å². The smallest absolute Gasteiger partial charge is 0.290 e. The van der Waals surface area contributed by atoms with Crippen LogP contribution in [-0.2, 0) is 44.7 Å². The third kappa shape index (κ3) is 11.6. The molecule has 0 aromatic heterocycles. The molecule has 1 saturated carbocycles. The number of likely N-dealkylation sites (N-methyl/N-ethyl adjacent to an activating group) is 1. The second-order valence-electron chi connectivity index (χ2n) is 15.7. The van der Waals surface area contributed by atoms with E-state index < -0.39 is 60.3 Å². The van der Waals surface area contributed by atoms with Crippen molar-refractivity contribution in [2.24, 2.45) is 5.92 Å². The number of ketones is 1. The van der Waals surface area contributed by atoms with Crippen molar-refractivity contribution in [3.8, 4) is 5.75 Å². The Hall–Kier alpha value is -5.31. The van der Waals surface area contributed by atoms with E-state index in [1.807, 2.05) is 25.1 Å². The topological polar surface area (TPSA) is 193 Å². The van der Waals surface area contributed by atoms with Crippen molar-refractivity contribution in [2.45, 2.75) is 108 Å². The molecule has 5 atom stereocenters. The first-order chi connectivity index (χ1) is 27.9. The number of rotatable bonds is 12. The van der Waals surface area contributed by atoms with Crippen LogP contribution in [0.5, 0.6) is 5.75 Å². The van der Waals surface area contributed by atoms with Gasteiger partial charge in [0.05, 0.1) is 38.3 Å². The van der Waals surface area contributed by atoms with Gasteiger partial charge < -0.3 is 40.5 Å². The van der Waals surface area contributed by atoms with Crippen LogP contribution in [0.25, 0.3) is 0 Å². The first kappa shape index (κ1) is 43.8. The number of nitrogens with zero attached hydrogens (tertiary/aromatic N) is 2. The summed E-state index contributed by atoms with van der Waals surface area (Å²) in [4.78, 5) is 97.6. The van der Waals surface area contributed by atoms with Gasteiger partial charge in [-0.3, -0.25) is 33.6 Å². The minimum Gasteiger partial charge on any atom is -0.493 e. The second kappa shape index (κ2) is 20.9. The number of hydrogen-bond acceptors (Lipinski definition) is 9. The van der Waals surface area contributed by atoms with Crippen molar-refractivity contribution in [1.82, 2.24) is 31.1 Å². The zero-order chi connectivity index (χ0) is 41.8. The highest BCUT2D eigenvalue weighted by molar-refractivity contribution is 6.38. The third-order valence-electron chi connectivity index (χ3n) is 11.0. The summed E-state index contributed by atoms with van der Waals surface area (Å²) in [5, 5.41) is 10.7. The van der Waals surface area contributed by atoms with Crippen molar-refractivity contribution in [3.63, 3.8) is 0 Å². The number of nitrogens with one attached hydrogen (secondary N) is 4. The number of hydrogen-bond donors (Lipinski definition) is 4. The summed E-state index contributed by atoms with van der Waals surface area (Å²) in [7, 11) is 3.12. The Morgan fingerprint density at radius 1 is 0.948 bits per heavy atom. The molecule has 2 aromatic rings. The Kier molecular flexibility index (Phi) is 15.8. The average Bonchev–Trinajstić information content (AvgIpc) is 3.65. The van der Waals surface area contributed by atoms with Crippen molar-refractivity contribution < 1.29 is 43.0 Å². The number of amides is 6. The lowest BCUT2D eigenvalue weighted by molar-refractivity contribution is -0.144. The van der Waals surface area contributed by atoms with Gasteiger partial charge in [-0.15, -0.1) is 0 Å². The Morgan fingerprint density at radius 3 is 2.40 bits per heavy atom. The molecule has 15 nitrogen and oxygen atoms in total. The normalized spacial score (nSPS) is 21.4. The Balaban J connectivity index is 1.29. The predicted molar refractivity (Wildman–Crippen MR) is 214 cm³/mol. The summed E-state index contributed by atoms with van der Waals surface area (Å²) in [5.41, 5.74) is 2.24. The van der Waals surface area contributed by atoms with Gasteiger partial charge in [0.25, 0.3) is 5.91 Å². The fourth-order valence-corrected chi connectivity index (χ4v) is 7.88. The number of benzene rings is 2. The average molecular weight is 803 g/mol. The van der Waals surface area contributed by atoms with Gasteiger partial charge in [0.15, 0.2) is 0 Å². The fraction of sp³-hybridized carbons (Fsp3) is 0.558. The maximum absolute atomic E-state index is 14.6. The Labute approximate surface area is 340 Å². The number of ether oxygens (including phenoxy) is 2. The maximum Gasteiger partial charge on any atom is 0.290 e. The maximum atomic E-state index is 14.6. The number of aryl methyl sites for hydroxylation is 1. The lowest BCUT2D eigenvalue weighted by Gasteiger charge is -2.35. The van der Waals surface area contributed by atoms with E-state index >= 15 is 0 Å². The first-order valence-corrected chi connectivity index (χ1v) is 20.5. The van der Waals surface area contributed by atoms with E-state index in [1.54, 1.807) is 51.4 Å². The molecule has 0 unspecified atom stereocenters. The molecule has 2 fully saturated rings. The predicted octanol–water partition coefficient (Wildman–Crippen LogP) is 2.29. The van der Waals surface area contributed by atoms with E-state index in [0.29, 0.717) is 37.4 Å². The van der Waals surface area contributed by atoms with Gasteiger partial charge >= 0.3 is 0 Å². The van der Waals surface area contributed by atoms with E-state index in [-0.39, 0.29) is 49.4 Å². The molecule has 2 aromatic carbocycles. The molecule has 4 N–H and O–H groups in total. The van der Waals surface area contributed by atoms with E-state index in [2.05, 4.69) is 21.3 Å². The molecular weight excluding hydrogens is 745 g/mol. The van der Waals surface area contributed by atoms with Gasteiger partial charge in [-0.2, -0.15) is 0 Å². The van der Waals surface area contributed by atoms with Crippen molar-refractivity contribution >= 4 is 41.2 Å². The van der Waals surface area contributed by atoms with Gasteiger partial charge in [0.1, 0.15) is 23.9 Å². The largest absolute Gasteiger partial charge is 0.493 e. The van der Waals surface area contributed by atoms with Crippen LogP contribution < -0.4 is 26.0 Å². The Morgan fingerprint density at radius 2 is 1.69 bits per heavy atom. The Bertz CT molecular complexity index is 1800. The van der Waals surface area contributed by atoms with Crippen LogP contribution >= 0.6 is 0 Å². The highest BCUT2D eigenvalue weighted by Crippen LogP contribution is 2.31.